The normalized spacial score (nSPS) is 14.1. The zero-order valence-electron chi connectivity index (χ0n) is 9.57. The van der Waals surface area contributed by atoms with Gasteiger partial charge >= 0.3 is 5.97 Å². The molecule has 94 valence electrons. The van der Waals surface area contributed by atoms with Crippen molar-refractivity contribution in [3.8, 4) is 0 Å². The van der Waals surface area contributed by atoms with Gasteiger partial charge in [-0.05, 0) is 41.1 Å². The monoisotopic (exact) mass is 319 g/mol. The molecule has 4 nitrogen and oxygen atoms in total. The molecule has 0 aromatic heterocycles. The number of carbonyl (C=O) groups is 1. The molecule has 1 aromatic carbocycles. The number of anilines is 1. The largest absolute Gasteiger partial charge is 0.478 e. The van der Waals surface area contributed by atoms with Gasteiger partial charge in [0.15, 0.2) is 0 Å². The zero-order valence-corrected chi connectivity index (χ0v) is 12.0. The highest BCUT2D eigenvalue weighted by Gasteiger charge is 2.09. The van der Waals surface area contributed by atoms with Crippen molar-refractivity contribution in [2.75, 3.05) is 18.1 Å². The van der Waals surface area contributed by atoms with Gasteiger partial charge in [0.05, 0.1) is 5.56 Å². The minimum atomic E-state index is -0.958. The third kappa shape index (κ3) is 4.12. The minimum absolute atomic E-state index is 0.0426. The molecule has 0 heterocycles. The summed E-state index contributed by atoms with van der Waals surface area (Å²) in [7, 11) is -0.874. The van der Waals surface area contributed by atoms with Crippen LogP contribution in [-0.2, 0) is 10.8 Å². The van der Waals surface area contributed by atoms with E-state index in [-0.39, 0.29) is 10.8 Å². The summed E-state index contributed by atoms with van der Waals surface area (Å²) in [4.78, 5) is 10.7. The smallest absolute Gasteiger partial charge is 0.335 e. The molecular formula is C11H14BrNO3S. The molecule has 0 saturated carbocycles. The number of aromatic carboxylic acids is 1. The first-order valence-electron chi connectivity index (χ1n) is 5.00. The summed E-state index contributed by atoms with van der Waals surface area (Å²) in [5.41, 5.74) is 1.03. The Morgan fingerprint density at radius 1 is 1.59 bits per heavy atom. The molecular weight excluding hydrogens is 306 g/mol. The molecule has 0 aliphatic carbocycles. The van der Waals surface area contributed by atoms with Crippen LogP contribution in [0.1, 0.15) is 17.3 Å². The molecule has 1 aromatic rings. The van der Waals surface area contributed by atoms with Crippen molar-refractivity contribution in [1.29, 1.82) is 0 Å². The Balaban J connectivity index is 2.73. The van der Waals surface area contributed by atoms with Gasteiger partial charge < -0.3 is 10.4 Å². The maximum absolute atomic E-state index is 11.2. The maximum atomic E-state index is 11.2. The van der Waals surface area contributed by atoms with Crippen molar-refractivity contribution in [3.05, 3.63) is 28.2 Å². The van der Waals surface area contributed by atoms with E-state index in [2.05, 4.69) is 21.2 Å². The lowest BCUT2D eigenvalue weighted by molar-refractivity contribution is 0.0697. The summed E-state index contributed by atoms with van der Waals surface area (Å²) in [5, 5.41) is 12.0. The number of rotatable bonds is 5. The summed E-state index contributed by atoms with van der Waals surface area (Å²) < 4.78 is 11.9. The fraction of sp³-hybridized carbons (Fsp3) is 0.364. The van der Waals surface area contributed by atoms with Gasteiger partial charge in [0.1, 0.15) is 0 Å². The molecule has 0 amide bonds. The van der Waals surface area contributed by atoms with Crippen molar-refractivity contribution >= 4 is 38.4 Å². The van der Waals surface area contributed by atoms with Gasteiger partial charge in [0.25, 0.3) is 0 Å². The molecule has 0 aliphatic heterocycles. The van der Waals surface area contributed by atoms with Crippen LogP contribution >= 0.6 is 15.9 Å². The van der Waals surface area contributed by atoms with Crippen LogP contribution in [0.4, 0.5) is 5.69 Å². The van der Waals surface area contributed by atoms with Gasteiger partial charge in [-0.25, -0.2) is 4.79 Å². The van der Waals surface area contributed by atoms with E-state index < -0.39 is 16.8 Å². The Bertz CT molecular complexity index is 450. The highest BCUT2D eigenvalue weighted by Crippen LogP contribution is 2.23. The lowest BCUT2D eigenvalue weighted by Gasteiger charge is -2.12. The molecule has 0 saturated heterocycles. The summed E-state index contributed by atoms with van der Waals surface area (Å²) >= 11 is 3.30. The third-order valence-corrected chi connectivity index (χ3v) is 4.32. The Morgan fingerprint density at radius 3 is 2.71 bits per heavy atom. The standard InChI is InChI=1S/C11H14BrNO3S/c1-7(17(2)16)6-13-10-4-3-8(11(14)15)5-9(10)12/h3-5,7,13H,6H2,1-2H3,(H,14,15). The van der Waals surface area contributed by atoms with E-state index in [0.717, 1.165) is 5.69 Å². The first-order valence-corrected chi connectivity index (χ1v) is 7.42. The van der Waals surface area contributed by atoms with Crippen LogP contribution < -0.4 is 5.32 Å². The van der Waals surface area contributed by atoms with Gasteiger partial charge in [-0.2, -0.15) is 0 Å². The summed E-state index contributed by atoms with van der Waals surface area (Å²) in [6.07, 6.45) is 1.66. The van der Waals surface area contributed by atoms with Crippen LogP contribution in [0.5, 0.6) is 0 Å². The number of halogens is 1. The first kappa shape index (κ1) is 14.2. The van der Waals surface area contributed by atoms with E-state index >= 15 is 0 Å². The van der Waals surface area contributed by atoms with Crippen molar-refractivity contribution in [1.82, 2.24) is 0 Å². The lowest BCUT2D eigenvalue weighted by Crippen LogP contribution is -2.20. The van der Waals surface area contributed by atoms with Crippen LogP contribution in [-0.4, -0.2) is 33.3 Å². The Labute approximate surface area is 111 Å². The highest BCUT2D eigenvalue weighted by molar-refractivity contribution is 9.10. The molecule has 0 fully saturated rings. The van der Waals surface area contributed by atoms with E-state index in [4.69, 9.17) is 5.11 Å². The average Bonchev–Trinajstić information content (AvgIpc) is 2.26. The fourth-order valence-electron chi connectivity index (χ4n) is 1.16. The number of carboxylic acids is 1. The predicted octanol–water partition coefficient (Wildman–Crippen LogP) is 2.33. The minimum Gasteiger partial charge on any atom is -0.478 e. The van der Waals surface area contributed by atoms with Gasteiger partial charge in [0, 0.05) is 39.0 Å². The van der Waals surface area contributed by atoms with Crippen LogP contribution in [0.3, 0.4) is 0 Å². The maximum Gasteiger partial charge on any atom is 0.335 e. The number of hydrogen-bond acceptors (Lipinski definition) is 3. The summed E-state index contributed by atoms with van der Waals surface area (Å²) in [6.45, 7) is 2.47. The van der Waals surface area contributed by atoms with Crippen molar-refractivity contribution in [3.63, 3.8) is 0 Å². The predicted molar refractivity (Wildman–Crippen MR) is 73.1 cm³/mol. The third-order valence-electron chi connectivity index (χ3n) is 2.36. The number of carboxylic acid groups (broad SMARTS) is 1. The zero-order chi connectivity index (χ0) is 13.0. The SMILES string of the molecule is CC(CNc1ccc(C(=O)O)cc1Br)S(C)=O. The van der Waals surface area contributed by atoms with Crippen LogP contribution in [0, 0.1) is 0 Å². The molecule has 1 rings (SSSR count). The summed E-state index contributed by atoms with van der Waals surface area (Å²) in [6, 6.07) is 4.76. The molecule has 0 spiro atoms. The lowest BCUT2D eigenvalue weighted by atomic mass is 10.2. The molecule has 0 bridgehead atoms. The Kier molecular flexibility index (Phi) is 5.14. The number of nitrogens with one attached hydrogen (secondary N) is 1. The molecule has 17 heavy (non-hydrogen) atoms. The molecule has 2 N–H and O–H groups in total. The second kappa shape index (κ2) is 6.16. The molecule has 2 unspecified atom stereocenters. The van der Waals surface area contributed by atoms with Crippen LogP contribution in [0.2, 0.25) is 0 Å². The summed E-state index contributed by atoms with van der Waals surface area (Å²) in [5.74, 6) is -0.958. The van der Waals surface area contributed by atoms with Gasteiger partial charge in [-0.1, -0.05) is 0 Å². The molecule has 0 radical (unpaired) electrons. The van der Waals surface area contributed by atoms with Gasteiger partial charge in [0.2, 0.25) is 0 Å². The van der Waals surface area contributed by atoms with Crippen molar-refractivity contribution in [2.24, 2.45) is 0 Å². The van der Waals surface area contributed by atoms with E-state index in [0.29, 0.717) is 11.0 Å². The van der Waals surface area contributed by atoms with E-state index in [1.54, 1.807) is 12.3 Å². The number of benzene rings is 1. The average molecular weight is 320 g/mol. The van der Waals surface area contributed by atoms with Crippen molar-refractivity contribution < 1.29 is 14.1 Å². The topological polar surface area (TPSA) is 66.4 Å². The van der Waals surface area contributed by atoms with Crippen LogP contribution in [0.25, 0.3) is 0 Å². The molecule has 2 atom stereocenters. The second-order valence-electron chi connectivity index (χ2n) is 3.69. The number of hydrogen-bond donors (Lipinski definition) is 2. The highest BCUT2D eigenvalue weighted by atomic mass is 79.9. The van der Waals surface area contributed by atoms with E-state index in [1.165, 1.54) is 12.1 Å². The molecule has 0 aliphatic rings. The Morgan fingerprint density at radius 2 is 2.24 bits per heavy atom. The van der Waals surface area contributed by atoms with Gasteiger partial charge in [-0.3, -0.25) is 4.21 Å². The quantitative estimate of drug-likeness (QED) is 0.874. The van der Waals surface area contributed by atoms with Crippen LogP contribution in [0.15, 0.2) is 22.7 Å². The van der Waals surface area contributed by atoms with Crippen molar-refractivity contribution in [2.45, 2.75) is 12.2 Å². The molecule has 6 heteroatoms. The van der Waals surface area contributed by atoms with E-state index in [1.807, 2.05) is 6.92 Å². The van der Waals surface area contributed by atoms with Gasteiger partial charge in [-0.15, -0.1) is 0 Å². The fourth-order valence-corrected chi connectivity index (χ4v) is 2.00. The second-order valence-corrected chi connectivity index (χ2v) is 6.35. The Hall–Kier alpha value is -0.880. The van der Waals surface area contributed by atoms with E-state index in [9.17, 15) is 9.00 Å². The first-order chi connectivity index (χ1) is 7.91.